The molecule has 0 aliphatic heterocycles. The van der Waals surface area contributed by atoms with Crippen molar-refractivity contribution in [2.45, 2.75) is 33.1 Å². The van der Waals surface area contributed by atoms with Gasteiger partial charge in [0.25, 0.3) is 0 Å². The summed E-state index contributed by atoms with van der Waals surface area (Å²) >= 11 is 16.4. The number of unbranched alkanes of at least 4 members (excludes halogenated alkanes) is 1. The summed E-state index contributed by atoms with van der Waals surface area (Å²) in [7, 11) is 0. The van der Waals surface area contributed by atoms with Crippen LogP contribution in [0.25, 0.3) is 0 Å². The van der Waals surface area contributed by atoms with Crippen LogP contribution in [0.1, 0.15) is 33.1 Å². The molecule has 0 bridgehead atoms. The van der Waals surface area contributed by atoms with Gasteiger partial charge in [0.05, 0.1) is 0 Å². The van der Waals surface area contributed by atoms with Crippen molar-refractivity contribution in [3.8, 4) is 0 Å². The summed E-state index contributed by atoms with van der Waals surface area (Å²) < 4.78 is 4.72. The molecule has 0 aliphatic carbocycles. The minimum Gasteiger partial charge on any atom is -0.477 e. The standard InChI is InChI=1S/C8H13Cl3O2Si/c1-3-5-6-7(4-2)8(12)13-14(9,10)11/h6H,3-5H2,1-2H3. The summed E-state index contributed by atoms with van der Waals surface area (Å²) in [6.45, 7) is 3.89. The molecule has 0 N–H and O–H groups in total. The Hall–Kier alpha value is 0.297. The first kappa shape index (κ1) is 14.3. The highest BCUT2D eigenvalue weighted by Gasteiger charge is 2.33. The van der Waals surface area contributed by atoms with E-state index in [1.165, 1.54) is 0 Å². The summed E-state index contributed by atoms with van der Waals surface area (Å²) in [4.78, 5) is 11.4. The fraction of sp³-hybridized carbons (Fsp3) is 0.625. The van der Waals surface area contributed by atoms with E-state index in [4.69, 9.17) is 37.7 Å². The average molecular weight is 276 g/mol. The zero-order chi connectivity index (χ0) is 11.2. The van der Waals surface area contributed by atoms with Gasteiger partial charge >= 0.3 is 12.2 Å². The SMILES string of the molecule is CCCC=C(CC)C(=O)O[Si](Cl)(Cl)Cl. The molecule has 2 nitrogen and oxygen atoms in total. The van der Waals surface area contributed by atoms with Crippen molar-refractivity contribution < 1.29 is 9.22 Å². The Morgan fingerprint density at radius 2 is 1.93 bits per heavy atom. The molecule has 82 valence electrons. The summed E-state index contributed by atoms with van der Waals surface area (Å²) in [6.07, 6.45) is 0.913. The van der Waals surface area contributed by atoms with Gasteiger partial charge in [-0.15, -0.1) is 0 Å². The van der Waals surface area contributed by atoms with Crippen LogP contribution in [0.4, 0.5) is 0 Å². The fourth-order valence-corrected chi connectivity index (χ4v) is 1.83. The second-order valence-electron chi connectivity index (χ2n) is 2.71. The van der Waals surface area contributed by atoms with Crippen LogP contribution in [0.2, 0.25) is 0 Å². The van der Waals surface area contributed by atoms with Gasteiger partial charge in [-0.2, -0.15) is 0 Å². The normalized spacial score (nSPS) is 12.8. The molecule has 0 aliphatic rings. The lowest BCUT2D eigenvalue weighted by molar-refractivity contribution is -0.130. The van der Waals surface area contributed by atoms with E-state index in [0.29, 0.717) is 12.0 Å². The predicted molar refractivity (Wildman–Crippen MR) is 62.7 cm³/mol. The van der Waals surface area contributed by atoms with Gasteiger partial charge < -0.3 is 4.43 Å². The van der Waals surface area contributed by atoms with Crippen LogP contribution in [0.3, 0.4) is 0 Å². The number of halogens is 3. The smallest absolute Gasteiger partial charge is 0.477 e. The number of hydrogen-bond donors (Lipinski definition) is 0. The van der Waals surface area contributed by atoms with Crippen LogP contribution in [0, 0.1) is 0 Å². The summed E-state index contributed by atoms with van der Waals surface area (Å²) in [5, 5.41) is 0. The van der Waals surface area contributed by atoms with Crippen molar-refractivity contribution in [2.75, 3.05) is 0 Å². The number of rotatable bonds is 5. The summed E-state index contributed by atoms with van der Waals surface area (Å²) in [6, 6.07) is 0. The topological polar surface area (TPSA) is 26.3 Å². The van der Waals surface area contributed by atoms with Crippen molar-refractivity contribution in [1.29, 1.82) is 0 Å². The molecule has 6 heteroatoms. The van der Waals surface area contributed by atoms with Crippen molar-refractivity contribution in [3.05, 3.63) is 11.6 Å². The monoisotopic (exact) mass is 274 g/mol. The third kappa shape index (κ3) is 6.71. The van der Waals surface area contributed by atoms with E-state index in [1.54, 1.807) is 0 Å². The lowest BCUT2D eigenvalue weighted by Crippen LogP contribution is -2.22. The number of allylic oxidation sites excluding steroid dienone is 1. The Balaban J connectivity index is 4.33. The Kier molecular flexibility index (Phi) is 6.86. The predicted octanol–water partition coefficient (Wildman–Crippen LogP) is 3.82. The zero-order valence-corrected chi connectivity index (χ0v) is 11.4. The van der Waals surface area contributed by atoms with Gasteiger partial charge in [0.15, 0.2) is 0 Å². The number of hydrogen-bond acceptors (Lipinski definition) is 2. The minimum absolute atomic E-state index is 0.507. The highest BCUT2D eigenvalue weighted by molar-refractivity contribution is 7.62. The molecule has 0 saturated heterocycles. The maximum atomic E-state index is 11.4. The highest BCUT2D eigenvalue weighted by Crippen LogP contribution is 2.23. The molecule has 0 amide bonds. The Morgan fingerprint density at radius 1 is 1.36 bits per heavy atom. The van der Waals surface area contributed by atoms with E-state index in [1.807, 2.05) is 19.9 Å². The third-order valence-electron chi connectivity index (χ3n) is 1.53. The van der Waals surface area contributed by atoms with Crippen LogP contribution in [-0.2, 0) is 9.22 Å². The number of carbonyl (C=O) groups excluding carboxylic acids is 1. The third-order valence-corrected chi connectivity index (χ3v) is 2.64. The fourth-order valence-electron chi connectivity index (χ4n) is 0.861. The van der Waals surface area contributed by atoms with Gasteiger partial charge in [0.2, 0.25) is 0 Å². The molecular formula is C8H13Cl3O2Si. The van der Waals surface area contributed by atoms with E-state index in [0.717, 1.165) is 12.8 Å². The van der Waals surface area contributed by atoms with Crippen molar-refractivity contribution in [2.24, 2.45) is 0 Å². The van der Waals surface area contributed by atoms with Gasteiger partial charge in [-0.05, 0) is 12.8 Å². The lowest BCUT2D eigenvalue weighted by atomic mass is 10.1. The second kappa shape index (κ2) is 6.72. The van der Waals surface area contributed by atoms with Crippen LogP contribution in [0.5, 0.6) is 0 Å². The quantitative estimate of drug-likeness (QED) is 0.433. The van der Waals surface area contributed by atoms with Crippen molar-refractivity contribution >= 4 is 45.5 Å². The molecule has 0 heterocycles. The van der Waals surface area contributed by atoms with Gasteiger partial charge in [-0.3, -0.25) is 0 Å². The largest absolute Gasteiger partial charge is 0.557 e. The first-order valence-corrected chi connectivity index (χ1v) is 9.34. The first-order chi connectivity index (χ1) is 6.40. The summed E-state index contributed by atoms with van der Waals surface area (Å²) in [5.41, 5.74) is 0.575. The highest BCUT2D eigenvalue weighted by atomic mass is 35.8. The Labute approximate surface area is 99.4 Å². The van der Waals surface area contributed by atoms with Crippen LogP contribution < -0.4 is 0 Å². The molecule has 0 rings (SSSR count). The van der Waals surface area contributed by atoms with Crippen LogP contribution in [-0.4, -0.2) is 12.2 Å². The molecule has 0 radical (unpaired) electrons. The minimum atomic E-state index is -3.31. The molecule has 0 spiro atoms. The molecule has 0 aromatic carbocycles. The van der Waals surface area contributed by atoms with E-state index in [-0.39, 0.29) is 0 Å². The molecule has 0 unspecified atom stereocenters. The molecule has 0 atom stereocenters. The maximum Gasteiger partial charge on any atom is 0.557 e. The van der Waals surface area contributed by atoms with Crippen molar-refractivity contribution in [3.63, 3.8) is 0 Å². The Bertz CT molecular complexity index is 223. The summed E-state index contributed by atoms with van der Waals surface area (Å²) in [5.74, 6) is -0.507. The van der Waals surface area contributed by atoms with E-state index in [9.17, 15) is 4.79 Å². The second-order valence-corrected chi connectivity index (χ2v) is 10.3. The molecule has 0 aromatic heterocycles. The van der Waals surface area contributed by atoms with Crippen LogP contribution >= 0.6 is 33.2 Å². The van der Waals surface area contributed by atoms with E-state index < -0.39 is 12.2 Å². The van der Waals surface area contributed by atoms with Gasteiger partial charge in [-0.25, -0.2) is 4.79 Å². The molecular weight excluding hydrogens is 263 g/mol. The molecule has 0 aromatic rings. The molecule has 0 fully saturated rings. The lowest BCUT2D eigenvalue weighted by Gasteiger charge is -2.10. The van der Waals surface area contributed by atoms with Gasteiger partial charge in [0, 0.05) is 5.57 Å². The average Bonchev–Trinajstić information content (AvgIpc) is 2.02. The number of carbonyl (C=O) groups is 1. The van der Waals surface area contributed by atoms with Crippen LogP contribution in [0.15, 0.2) is 11.6 Å². The Morgan fingerprint density at radius 3 is 2.29 bits per heavy atom. The first-order valence-electron chi connectivity index (χ1n) is 4.39. The molecule has 0 saturated carbocycles. The zero-order valence-electron chi connectivity index (χ0n) is 8.15. The van der Waals surface area contributed by atoms with E-state index in [2.05, 4.69) is 0 Å². The van der Waals surface area contributed by atoms with Crippen molar-refractivity contribution in [1.82, 2.24) is 0 Å². The van der Waals surface area contributed by atoms with Gasteiger partial charge in [0.1, 0.15) is 0 Å². The molecule has 14 heavy (non-hydrogen) atoms. The van der Waals surface area contributed by atoms with E-state index >= 15 is 0 Å². The van der Waals surface area contributed by atoms with Gasteiger partial charge in [-0.1, -0.05) is 59.6 Å². The maximum absolute atomic E-state index is 11.4.